The van der Waals surface area contributed by atoms with Gasteiger partial charge in [-0.15, -0.1) is 0 Å². The first-order chi connectivity index (χ1) is 15.6. The first-order valence-electron chi connectivity index (χ1n) is 14.5. The van der Waals surface area contributed by atoms with Gasteiger partial charge in [0.25, 0.3) is 0 Å². The van der Waals surface area contributed by atoms with Crippen molar-refractivity contribution in [1.29, 1.82) is 0 Å². The summed E-state index contributed by atoms with van der Waals surface area (Å²) in [6.45, 7) is 16.5. The Morgan fingerprint density at radius 3 is 2.45 bits per heavy atom. The molecule has 3 saturated carbocycles. The van der Waals surface area contributed by atoms with Gasteiger partial charge < -0.3 is 4.74 Å². The van der Waals surface area contributed by atoms with Gasteiger partial charge in [0.15, 0.2) is 0 Å². The molecule has 0 N–H and O–H groups in total. The Morgan fingerprint density at radius 2 is 1.76 bits per heavy atom. The van der Waals surface area contributed by atoms with E-state index in [2.05, 4.69) is 40.7 Å². The van der Waals surface area contributed by atoms with E-state index in [1.54, 1.807) is 5.57 Å². The Balaban J connectivity index is 1.45. The molecule has 2 heteroatoms. The molecule has 3 fully saturated rings. The van der Waals surface area contributed by atoms with E-state index < -0.39 is 0 Å². The van der Waals surface area contributed by atoms with Crippen LogP contribution in [-0.2, 0) is 9.53 Å². The van der Waals surface area contributed by atoms with Crippen LogP contribution in [-0.4, -0.2) is 12.1 Å². The maximum Gasteiger partial charge on any atom is 0.308 e. The summed E-state index contributed by atoms with van der Waals surface area (Å²) in [5.74, 6) is 5.24. The van der Waals surface area contributed by atoms with Crippen molar-refractivity contribution in [3.63, 3.8) is 0 Å². The Bertz CT molecular complexity index is 735. The zero-order valence-corrected chi connectivity index (χ0v) is 22.8. The van der Waals surface area contributed by atoms with Crippen LogP contribution in [0.3, 0.4) is 0 Å². The summed E-state index contributed by atoms with van der Waals surface area (Å²) < 4.78 is 5.88. The fourth-order valence-corrected chi connectivity index (χ4v) is 9.05. The molecule has 4 aliphatic rings. The van der Waals surface area contributed by atoms with Crippen molar-refractivity contribution in [2.45, 2.75) is 125 Å². The quantitative estimate of drug-likeness (QED) is 0.283. The molecule has 0 spiro atoms. The molecule has 0 bridgehead atoms. The van der Waals surface area contributed by atoms with Gasteiger partial charge >= 0.3 is 5.97 Å². The highest BCUT2D eigenvalue weighted by atomic mass is 16.5. The smallest absolute Gasteiger partial charge is 0.308 e. The molecule has 188 valence electrons. The molecule has 0 aromatic heterocycles. The van der Waals surface area contributed by atoms with Crippen LogP contribution in [0.2, 0.25) is 0 Å². The van der Waals surface area contributed by atoms with Crippen molar-refractivity contribution in [2.24, 2.45) is 52.3 Å². The number of fused-ring (bicyclic) bond motifs is 5. The second-order valence-corrected chi connectivity index (χ2v) is 13.7. The Kier molecular flexibility index (Phi) is 7.43. The minimum Gasteiger partial charge on any atom is -0.462 e. The van der Waals surface area contributed by atoms with E-state index in [0.717, 1.165) is 48.3 Å². The van der Waals surface area contributed by atoms with Crippen LogP contribution < -0.4 is 0 Å². The van der Waals surface area contributed by atoms with Gasteiger partial charge in [0.2, 0.25) is 0 Å². The van der Waals surface area contributed by atoms with E-state index >= 15 is 0 Å². The number of carbonyl (C=O) groups excluding carboxylic acids is 1. The molecule has 0 amide bonds. The first-order valence-corrected chi connectivity index (χ1v) is 14.5. The Labute approximate surface area is 204 Å². The Hall–Kier alpha value is -0.790. The molecule has 0 aromatic rings. The van der Waals surface area contributed by atoms with Crippen molar-refractivity contribution >= 4 is 5.97 Å². The van der Waals surface area contributed by atoms with E-state index in [9.17, 15) is 4.79 Å². The first kappa shape index (κ1) is 25.3. The average molecular weight is 457 g/mol. The molecule has 0 saturated heterocycles. The zero-order valence-electron chi connectivity index (χ0n) is 22.8. The van der Waals surface area contributed by atoms with Gasteiger partial charge in [-0.05, 0) is 91.3 Å². The lowest BCUT2D eigenvalue weighted by Crippen LogP contribution is -2.51. The molecule has 33 heavy (non-hydrogen) atoms. The number of allylic oxidation sites excluding steroid dienone is 1. The lowest BCUT2D eigenvalue weighted by atomic mass is 9.47. The molecule has 0 aromatic carbocycles. The largest absolute Gasteiger partial charge is 0.462 e. The van der Waals surface area contributed by atoms with Gasteiger partial charge in [0, 0.05) is 6.42 Å². The molecule has 2 nitrogen and oxygen atoms in total. The van der Waals surface area contributed by atoms with Gasteiger partial charge in [-0.2, -0.15) is 0 Å². The number of hydrogen-bond donors (Lipinski definition) is 0. The number of rotatable bonds is 7. The van der Waals surface area contributed by atoms with E-state index in [0.29, 0.717) is 10.8 Å². The van der Waals surface area contributed by atoms with Crippen molar-refractivity contribution in [3.05, 3.63) is 11.6 Å². The third-order valence-electron chi connectivity index (χ3n) is 11.0. The molecule has 1 unspecified atom stereocenters. The van der Waals surface area contributed by atoms with E-state index in [1.165, 1.54) is 57.8 Å². The van der Waals surface area contributed by atoms with E-state index in [1.807, 2.05) is 13.8 Å². The van der Waals surface area contributed by atoms with Gasteiger partial charge in [-0.3, -0.25) is 4.79 Å². The van der Waals surface area contributed by atoms with Crippen LogP contribution in [0, 0.1) is 52.3 Å². The van der Waals surface area contributed by atoms with Crippen LogP contribution in [0.15, 0.2) is 11.6 Å². The highest BCUT2D eigenvalue weighted by molar-refractivity contribution is 5.71. The third-order valence-corrected chi connectivity index (χ3v) is 11.0. The number of ether oxygens (including phenoxy) is 1. The van der Waals surface area contributed by atoms with Crippen molar-refractivity contribution < 1.29 is 9.53 Å². The molecular formula is C31H52O2. The van der Waals surface area contributed by atoms with Gasteiger partial charge in [-0.1, -0.05) is 79.4 Å². The maximum absolute atomic E-state index is 12.2. The fourth-order valence-electron chi connectivity index (χ4n) is 9.05. The summed E-state index contributed by atoms with van der Waals surface area (Å²) in [4.78, 5) is 12.2. The zero-order chi connectivity index (χ0) is 24.0. The molecule has 4 rings (SSSR count). The lowest BCUT2D eigenvalue weighted by Gasteiger charge is -2.58. The fraction of sp³-hybridized carbons (Fsp3) is 0.903. The SMILES string of the molecule is CC(C)CCC[C@@H](C)[C@H]1CC[C@H]2[C@@H]3CC=C4CC(OC(=O)C(C)C)CC[C@]4(C)[C@H]3CC[C@]12C. The van der Waals surface area contributed by atoms with Crippen LogP contribution in [0.5, 0.6) is 0 Å². The summed E-state index contributed by atoms with van der Waals surface area (Å²) in [5.41, 5.74) is 2.52. The van der Waals surface area contributed by atoms with Crippen LogP contribution in [0.4, 0.5) is 0 Å². The number of hydrogen-bond acceptors (Lipinski definition) is 2. The van der Waals surface area contributed by atoms with Crippen molar-refractivity contribution in [3.8, 4) is 0 Å². The number of esters is 1. The van der Waals surface area contributed by atoms with Crippen molar-refractivity contribution in [1.82, 2.24) is 0 Å². The third kappa shape index (κ3) is 4.71. The monoisotopic (exact) mass is 456 g/mol. The maximum atomic E-state index is 12.2. The molecule has 0 heterocycles. The Morgan fingerprint density at radius 1 is 1.00 bits per heavy atom. The predicted octanol–water partition coefficient (Wildman–Crippen LogP) is 8.60. The highest BCUT2D eigenvalue weighted by Gasteiger charge is 2.59. The van der Waals surface area contributed by atoms with E-state index in [4.69, 9.17) is 4.74 Å². The summed E-state index contributed by atoms with van der Waals surface area (Å²) in [5, 5.41) is 0. The summed E-state index contributed by atoms with van der Waals surface area (Å²) >= 11 is 0. The summed E-state index contributed by atoms with van der Waals surface area (Å²) in [7, 11) is 0. The highest BCUT2D eigenvalue weighted by Crippen LogP contribution is 2.67. The second kappa shape index (κ2) is 9.69. The predicted molar refractivity (Wildman–Crippen MR) is 138 cm³/mol. The summed E-state index contributed by atoms with van der Waals surface area (Å²) in [6.07, 6.45) is 17.2. The van der Waals surface area contributed by atoms with Crippen LogP contribution in [0.1, 0.15) is 119 Å². The minimum atomic E-state index is -0.0258. The molecule has 4 aliphatic carbocycles. The molecule has 0 radical (unpaired) electrons. The molecular weight excluding hydrogens is 404 g/mol. The minimum absolute atomic E-state index is 0.0224. The molecule has 8 atom stereocenters. The molecule has 0 aliphatic heterocycles. The summed E-state index contributed by atoms with van der Waals surface area (Å²) in [6, 6.07) is 0. The van der Waals surface area contributed by atoms with Crippen LogP contribution in [0.25, 0.3) is 0 Å². The average Bonchev–Trinajstić information content (AvgIpc) is 3.11. The second-order valence-electron chi connectivity index (χ2n) is 13.7. The van der Waals surface area contributed by atoms with Gasteiger partial charge in [0.05, 0.1) is 5.92 Å². The lowest BCUT2D eigenvalue weighted by molar-refractivity contribution is -0.155. The normalized spacial score (nSPS) is 41.2. The number of carbonyl (C=O) groups is 1. The van der Waals surface area contributed by atoms with Crippen molar-refractivity contribution in [2.75, 3.05) is 0 Å². The van der Waals surface area contributed by atoms with Gasteiger partial charge in [-0.25, -0.2) is 0 Å². The van der Waals surface area contributed by atoms with Gasteiger partial charge in [0.1, 0.15) is 6.10 Å². The van der Waals surface area contributed by atoms with Crippen LogP contribution >= 0.6 is 0 Å². The topological polar surface area (TPSA) is 26.3 Å². The van der Waals surface area contributed by atoms with E-state index in [-0.39, 0.29) is 18.0 Å². The standard InChI is InChI=1S/C31H52O2/c1-20(2)9-8-10-22(5)26-13-14-27-25-12-11-23-19-24(33-29(32)21(3)4)15-17-30(23,6)28(25)16-18-31(26,27)7/h11,20-22,24-28H,8-10,12-19H2,1-7H3/t22-,24?,25+,26-,27+,28+,30+,31-/m1/s1.